The van der Waals surface area contributed by atoms with E-state index in [0.717, 1.165) is 6.42 Å². The van der Waals surface area contributed by atoms with Crippen molar-refractivity contribution in [2.24, 2.45) is 5.92 Å². The summed E-state index contributed by atoms with van der Waals surface area (Å²) in [5.74, 6) is -1.71. The van der Waals surface area contributed by atoms with Crippen LogP contribution in [0.4, 0.5) is 4.39 Å². The van der Waals surface area contributed by atoms with Crippen LogP contribution in [0.3, 0.4) is 0 Å². The molecule has 1 N–H and O–H groups in total. The van der Waals surface area contributed by atoms with Crippen molar-refractivity contribution < 1.29 is 14.3 Å². The number of halogens is 1. The van der Waals surface area contributed by atoms with Gasteiger partial charge in [0.25, 0.3) is 0 Å². The lowest BCUT2D eigenvalue weighted by Crippen LogP contribution is -2.22. The first-order chi connectivity index (χ1) is 4.59. The normalized spacial score (nSPS) is 16.3. The lowest BCUT2D eigenvalue weighted by atomic mass is 10.0. The van der Waals surface area contributed by atoms with Gasteiger partial charge in [0, 0.05) is 0 Å². The van der Waals surface area contributed by atoms with Crippen molar-refractivity contribution in [2.45, 2.75) is 32.9 Å². The second kappa shape index (κ2) is 4.25. The van der Waals surface area contributed by atoms with Crippen LogP contribution in [-0.2, 0) is 4.79 Å². The lowest BCUT2D eigenvalue weighted by molar-refractivity contribution is -0.144. The smallest absolute Gasteiger partial charge is 0.338 e. The minimum atomic E-state index is -1.69. The van der Waals surface area contributed by atoms with E-state index in [1.54, 1.807) is 6.92 Å². The molecule has 0 aliphatic carbocycles. The Kier molecular flexibility index (Phi) is 4.00. The van der Waals surface area contributed by atoms with E-state index in [2.05, 4.69) is 0 Å². The summed E-state index contributed by atoms with van der Waals surface area (Å²) in [4.78, 5) is 10.0. The summed E-state index contributed by atoms with van der Waals surface area (Å²) in [6, 6.07) is 0. The Morgan fingerprint density at radius 2 is 2.20 bits per heavy atom. The van der Waals surface area contributed by atoms with Crippen LogP contribution < -0.4 is 0 Å². The summed E-state index contributed by atoms with van der Waals surface area (Å²) in [7, 11) is 0. The van der Waals surface area contributed by atoms with E-state index in [9.17, 15) is 9.18 Å². The van der Waals surface area contributed by atoms with Crippen molar-refractivity contribution in [1.82, 2.24) is 0 Å². The van der Waals surface area contributed by atoms with E-state index in [1.165, 1.54) is 0 Å². The fourth-order valence-electron chi connectivity index (χ4n) is 0.845. The van der Waals surface area contributed by atoms with E-state index >= 15 is 0 Å². The summed E-state index contributed by atoms with van der Waals surface area (Å²) in [5.41, 5.74) is 0. The zero-order chi connectivity index (χ0) is 8.15. The third-order valence-corrected chi connectivity index (χ3v) is 1.48. The molecule has 0 rings (SSSR count). The summed E-state index contributed by atoms with van der Waals surface area (Å²) in [5, 5.41) is 8.20. The van der Waals surface area contributed by atoms with Crippen LogP contribution >= 0.6 is 0 Å². The van der Waals surface area contributed by atoms with Crippen LogP contribution in [0.2, 0.25) is 0 Å². The number of alkyl halides is 1. The first-order valence-corrected chi connectivity index (χ1v) is 3.46. The standard InChI is InChI=1S/C7H13FO2/c1-3-4-5(2)6(8)7(9)10/h5-6H,3-4H2,1-2H3,(H,9,10). The number of hydrogen-bond donors (Lipinski definition) is 1. The average Bonchev–Trinajstić information content (AvgIpc) is 1.87. The highest BCUT2D eigenvalue weighted by atomic mass is 19.1. The van der Waals surface area contributed by atoms with E-state index in [0.29, 0.717) is 6.42 Å². The second-order valence-electron chi connectivity index (χ2n) is 2.51. The van der Waals surface area contributed by atoms with Gasteiger partial charge in [-0.1, -0.05) is 20.3 Å². The van der Waals surface area contributed by atoms with Crippen molar-refractivity contribution in [1.29, 1.82) is 0 Å². The molecule has 0 heterocycles. The van der Waals surface area contributed by atoms with Gasteiger partial charge in [0.05, 0.1) is 0 Å². The molecule has 0 saturated heterocycles. The topological polar surface area (TPSA) is 37.3 Å². The van der Waals surface area contributed by atoms with Crippen molar-refractivity contribution in [2.75, 3.05) is 0 Å². The molecule has 10 heavy (non-hydrogen) atoms. The maximum absolute atomic E-state index is 12.5. The molecule has 2 atom stereocenters. The second-order valence-corrected chi connectivity index (χ2v) is 2.51. The first-order valence-electron chi connectivity index (χ1n) is 3.46. The maximum Gasteiger partial charge on any atom is 0.338 e. The Morgan fingerprint density at radius 1 is 1.70 bits per heavy atom. The minimum absolute atomic E-state index is 0.359. The molecule has 0 aromatic heterocycles. The van der Waals surface area contributed by atoms with Gasteiger partial charge in [0.2, 0.25) is 0 Å². The van der Waals surface area contributed by atoms with Gasteiger partial charge in [-0.2, -0.15) is 0 Å². The number of carboxylic acid groups (broad SMARTS) is 1. The highest BCUT2D eigenvalue weighted by Gasteiger charge is 2.22. The summed E-state index contributed by atoms with van der Waals surface area (Å²) in [6.07, 6.45) is -0.234. The molecule has 0 amide bonds. The fraction of sp³-hybridized carbons (Fsp3) is 0.857. The monoisotopic (exact) mass is 148 g/mol. The third-order valence-electron chi connectivity index (χ3n) is 1.48. The van der Waals surface area contributed by atoms with Crippen LogP contribution in [-0.4, -0.2) is 17.2 Å². The predicted molar refractivity (Wildman–Crippen MR) is 36.6 cm³/mol. The molecule has 60 valence electrons. The minimum Gasteiger partial charge on any atom is -0.479 e. The Balaban J connectivity index is 3.69. The van der Waals surface area contributed by atoms with Gasteiger partial charge in [0.1, 0.15) is 0 Å². The SMILES string of the molecule is CCCC(C)C(F)C(=O)O. The molecule has 0 radical (unpaired) electrons. The van der Waals surface area contributed by atoms with Gasteiger partial charge >= 0.3 is 5.97 Å². The van der Waals surface area contributed by atoms with Crippen LogP contribution in [0, 0.1) is 5.92 Å². The predicted octanol–water partition coefficient (Wildman–Crippen LogP) is 1.85. The highest BCUT2D eigenvalue weighted by Crippen LogP contribution is 2.13. The van der Waals surface area contributed by atoms with Gasteiger partial charge in [-0.05, 0) is 12.3 Å². The number of hydrogen-bond acceptors (Lipinski definition) is 1. The number of carbonyl (C=O) groups is 1. The Labute approximate surface area is 60.1 Å². The van der Waals surface area contributed by atoms with Crippen LogP contribution in [0.1, 0.15) is 26.7 Å². The molecule has 0 aliphatic heterocycles. The quantitative estimate of drug-likeness (QED) is 0.660. The maximum atomic E-state index is 12.5. The van der Waals surface area contributed by atoms with Gasteiger partial charge in [-0.3, -0.25) is 0 Å². The summed E-state index contributed by atoms with van der Waals surface area (Å²) < 4.78 is 12.5. The van der Waals surface area contributed by atoms with Crippen molar-refractivity contribution >= 4 is 5.97 Å². The van der Waals surface area contributed by atoms with Crippen molar-refractivity contribution in [3.63, 3.8) is 0 Å². The lowest BCUT2D eigenvalue weighted by Gasteiger charge is -2.10. The molecule has 0 saturated carbocycles. The number of aliphatic carboxylic acids is 1. The molecule has 0 aliphatic rings. The summed E-state index contributed by atoms with van der Waals surface area (Å²) >= 11 is 0. The van der Waals surface area contributed by atoms with E-state index < -0.39 is 12.1 Å². The molecule has 0 aromatic carbocycles. The molecule has 3 heteroatoms. The van der Waals surface area contributed by atoms with Gasteiger partial charge < -0.3 is 5.11 Å². The van der Waals surface area contributed by atoms with Crippen LogP contribution in [0.15, 0.2) is 0 Å². The zero-order valence-corrected chi connectivity index (χ0v) is 6.30. The Bertz CT molecular complexity index is 114. The van der Waals surface area contributed by atoms with Crippen molar-refractivity contribution in [3.05, 3.63) is 0 Å². The van der Waals surface area contributed by atoms with Crippen LogP contribution in [0.5, 0.6) is 0 Å². The van der Waals surface area contributed by atoms with Crippen LogP contribution in [0.25, 0.3) is 0 Å². The highest BCUT2D eigenvalue weighted by molar-refractivity contribution is 5.72. The van der Waals surface area contributed by atoms with Crippen molar-refractivity contribution in [3.8, 4) is 0 Å². The molecule has 0 aromatic rings. The molecule has 0 fully saturated rings. The van der Waals surface area contributed by atoms with Gasteiger partial charge in [0.15, 0.2) is 6.17 Å². The van der Waals surface area contributed by atoms with Gasteiger partial charge in [-0.15, -0.1) is 0 Å². The zero-order valence-electron chi connectivity index (χ0n) is 6.30. The third kappa shape index (κ3) is 2.80. The van der Waals surface area contributed by atoms with Gasteiger partial charge in [-0.25, -0.2) is 9.18 Å². The molecule has 2 nitrogen and oxygen atoms in total. The largest absolute Gasteiger partial charge is 0.479 e. The molecular weight excluding hydrogens is 135 g/mol. The van der Waals surface area contributed by atoms with E-state index in [-0.39, 0.29) is 5.92 Å². The molecule has 2 unspecified atom stereocenters. The number of carboxylic acids is 1. The van der Waals surface area contributed by atoms with E-state index in [1.807, 2.05) is 6.92 Å². The first kappa shape index (κ1) is 9.40. The Hall–Kier alpha value is -0.600. The Morgan fingerprint density at radius 3 is 2.50 bits per heavy atom. The van der Waals surface area contributed by atoms with E-state index in [4.69, 9.17) is 5.11 Å². The average molecular weight is 148 g/mol. The molecular formula is C7H13FO2. The molecule has 0 bridgehead atoms. The fourth-order valence-corrected chi connectivity index (χ4v) is 0.845. The number of rotatable bonds is 4. The summed E-state index contributed by atoms with van der Waals surface area (Å²) in [6.45, 7) is 3.52. The molecule has 0 spiro atoms.